The van der Waals surface area contributed by atoms with E-state index in [1.165, 1.54) is 31.0 Å². The summed E-state index contributed by atoms with van der Waals surface area (Å²) in [5.41, 5.74) is -0.561. The number of hydrogen-bond acceptors (Lipinski definition) is 8. The van der Waals surface area contributed by atoms with Crippen molar-refractivity contribution in [2.75, 3.05) is 26.7 Å². The molecule has 0 aliphatic carbocycles. The molecule has 2 aromatic heterocycles. The van der Waals surface area contributed by atoms with Crippen LogP contribution < -0.4 is 10.6 Å². The molecule has 282 valence electrons. The van der Waals surface area contributed by atoms with Crippen molar-refractivity contribution >= 4 is 35.5 Å². The van der Waals surface area contributed by atoms with Crippen LogP contribution in [0.5, 0.6) is 0 Å². The van der Waals surface area contributed by atoms with Crippen molar-refractivity contribution < 1.29 is 33.1 Å². The zero-order valence-electron chi connectivity index (χ0n) is 31.5. The van der Waals surface area contributed by atoms with Crippen molar-refractivity contribution in [1.29, 1.82) is 0 Å². The number of amides is 5. The van der Waals surface area contributed by atoms with Crippen LogP contribution in [-0.4, -0.2) is 115 Å². The normalized spacial score (nSPS) is 17.3. The van der Waals surface area contributed by atoms with Crippen molar-refractivity contribution in [3.05, 3.63) is 66.0 Å². The van der Waals surface area contributed by atoms with Gasteiger partial charge in [0.25, 0.3) is 5.91 Å². The van der Waals surface area contributed by atoms with Gasteiger partial charge in [-0.2, -0.15) is 0 Å². The van der Waals surface area contributed by atoms with Gasteiger partial charge in [0.2, 0.25) is 23.5 Å². The number of ether oxygens (including phenoxy) is 1. The summed E-state index contributed by atoms with van der Waals surface area (Å²) in [4.78, 5) is 80.2. The van der Waals surface area contributed by atoms with Crippen LogP contribution in [0.4, 0.5) is 9.18 Å². The molecule has 1 aliphatic rings. The molecule has 4 atom stereocenters. The minimum Gasteiger partial charge on any atom is -0.444 e. The van der Waals surface area contributed by atoms with Gasteiger partial charge in [0.05, 0.1) is 6.04 Å². The highest BCUT2D eigenvalue weighted by Gasteiger charge is 2.44. The van der Waals surface area contributed by atoms with Crippen LogP contribution in [0.25, 0.3) is 5.78 Å². The first kappa shape index (κ1) is 39.7. The summed E-state index contributed by atoms with van der Waals surface area (Å²) < 4.78 is 20.7. The number of carbonyl (C=O) groups is 5. The second-order valence-corrected chi connectivity index (χ2v) is 15.4. The maximum Gasteiger partial charge on any atom is 0.410 e. The van der Waals surface area contributed by atoms with E-state index in [9.17, 15) is 28.4 Å². The molecular weight excluding hydrogens is 671 g/mol. The quantitative estimate of drug-likeness (QED) is 0.305. The van der Waals surface area contributed by atoms with Gasteiger partial charge in [-0.25, -0.2) is 19.2 Å². The first-order chi connectivity index (χ1) is 24.2. The van der Waals surface area contributed by atoms with Crippen molar-refractivity contribution in [3.63, 3.8) is 0 Å². The summed E-state index contributed by atoms with van der Waals surface area (Å²) in [7, 11) is 1.46. The monoisotopic (exact) mass is 722 g/mol. The molecule has 0 unspecified atom stereocenters. The molecule has 0 saturated carbocycles. The molecule has 5 amide bonds. The number of likely N-dealkylation sites (tertiary alicyclic amines) is 1. The largest absolute Gasteiger partial charge is 0.444 e. The van der Waals surface area contributed by atoms with Gasteiger partial charge in [-0.15, -0.1) is 0 Å². The average Bonchev–Trinajstić information content (AvgIpc) is 3.67. The van der Waals surface area contributed by atoms with Crippen LogP contribution in [0.15, 0.2) is 48.9 Å². The lowest BCUT2D eigenvalue weighted by Crippen LogP contribution is -2.60. The van der Waals surface area contributed by atoms with Gasteiger partial charge < -0.3 is 25.2 Å². The third kappa shape index (κ3) is 10.3. The number of halogens is 1. The van der Waals surface area contributed by atoms with E-state index >= 15 is 0 Å². The maximum absolute atomic E-state index is 14.6. The Morgan fingerprint density at radius 2 is 1.75 bits per heavy atom. The first-order valence-corrected chi connectivity index (χ1v) is 17.4. The molecule has 14 nitrogen and oxygen atoms in total. The zero-order valence-corrected chi connectivity index (χ0v) is 31.5. The highest BCUT2D eigenvalue weighted by atomic mass is 19.1. The van der Waals surface area contributed by atoms with Crippen LogP contribution in [0, 0.1) is 11.2 Å². The molecule has 0 spiro atoms. The molecule has 1 aliphatic heterocycles. The number of benzene rings is 1. The minimum atomic E-state index is -1.03. The van der Waals surface area contributed by atoms with Crippen LogP contribution >= 0.6 is 0 Å². The Balaban J connectivity index is 1.62. The van der Waals surface area contributed by atoms with Crippen LogP contribution in [0.3, 0.4) is 0 Å². The molecular formula is C37H51FN8O6. The Morgan fingerprint density at radius 1 is 1.08 bits per heavy atom. The van der Waals surface area contributed by atoms with E-state index in [1.807, 2.05) is 20.8 Å². The number of nitrogens with one attached hydrogen (secondary N) is 2. The Kier molecular flexibility index (Phi) is 12.3. The molecule has 4 rings (SSSR count). The van der Waals surface area contributed by atoms with Gasteiger partial charge in [0, 0.05) is 58.2 Å². The molecule has 1 saturated heterocycles. The van der Waals surface area contributed by atoms with E-state index in [-0.39, 0.29) is 43.0 Å². The molecule has 0 radical (unpaired) electrons. The van der Waals surface area contributed by atoms with Gasteiger partial charge >= 0.3 is 6.09 Å². The van der Waals surface area contributed by atoms with E-state index in [0.29, 0.717) is 18.6 Å². The fraction of sp³-hybridized carbons (Fsp3) is 0.541. The van der Waals surface area contributed by atoms with Crippen molar-refractivity contribution in [2.24, 2.45) is 5.41 Å². The number of rotatable bonds is 11. The maximum atomic E-state index is 14.6. The fourth-order valence-electron chi connectivity index (χ4n) is 6.04. The third-order valence-corrected chi connectivity index (χ3v) is 8.90. The Bertz CT molecular complexity index is 1730. The van der Waals surface area contributed by atoms with Crippen LogP contribution in [-0.2, 0) is 25.5 Å². The second kappa shape index (κ2) is 16.1. The number of carbonyl (C=O) groups excluding carboxylic acids is 5. The summed E-state index contributed by atoms with van der Waals surface area (Å²) >= 11 is 0. The first-order valence-electron chi connectivity index (χ1n) is 17.4. The van der Waals surface area contributed by atoms with Gasteiger partial charge in [0.15, 0.2) is 0 Å². The van der Waals surface area contributed by atoms with Gasteiger partial charge in [0.1, 0.15) is 29.2 Å². The zero-order chi connectivity index (χ0) is 38.5. The van der Waals surface area contributed by atoms with Crippen molar-refractivity contribution in [2.45, 2.75) is 98.0 Å². The highest BCUT2D eigenvalue weighted by Crippen LogP contribution is 2.27. The highest BCUT2D eigenvalue weighted by molar-refractivity contribution is 5.93. The average molecular weight is 723 g/mol. The number of hydrogen-bond donors (Lipinski definition) is 2. The Hall–Kier alpha value is -5.08. The van der Waals surface area contributed by atoms with E-state index < -0.39 is 53.1 Å². The molecule has 1 fully saturated rings. The number of nitrogens with zero attached hydrogens (tertiary/aromatic N) is 6. The molecule has 3 aromatic rings. The number of likely N-dealkylation sites (N-methyl/N-ethyl adjacent to an activating group) is 1. The Morgan fingerprint density at radius 3 is 2.35 bits per heavy atom. The summed E-state index contributed by atoms with van der Waals surface area (Å²) in [5, 5.41) is 5.79. The Labute approximate surface area is 304 Å². The number of fused-ring (bicyclic) bond motifs is 1. The minimum absolute atomic E-state index is 0.0890. The molecule has 3 heterocycles. The molecule has 2 N–H and O–H groups in total. The molecule has 0 bridgehead atoms. The molecule has 52 heavy (non-hydrogen) atoms. The standard InChI is InChI=1S/C37H51FN8O6/c1-23(43(9)35(51)52-37(6,7)8)31(48)42-30(36(3,4)5)33(50)46-20-27(40-24(2)47)19-28(46)21-44(18-15-25-11-13-26(38)14-12-25)32(49)29-22-45-17-10-16-39-34(45)41-29/h10-14,16-17,22-23,27-28,30H,15,18-21H2,1-9H3,(H,40,47)(H,42,48)/t23-,27-,28-,30+/m0/s1. The summed E-state index contributed by atoms with van der Waals surface area (Å²) in [5.74, 6) is -1.62. The fourth-order valence-corrected chi connectivity index (χ4v) is 6.04. The van der Waals surface area contributed by atoms with Gasteiger partial charge in [-0.1, -0.05) is 32.9 Å². The molecule has 15 heteroatoms. The van der Waals surface area contributed by atoms with Gasteiger partial charge in [-0.3, -0.25) is 28.5 Å². The summed E-state index contributed by atoms with van der Waals surface area (Å²) in [6.45, 7) is 14.1. The third-order valence-electron chi connectivity index (χ3n) is 8.90. The lowest BCUT2D eigenvalue weighted by atomic mass is 9.85. The SMILES string of the molecule is CC(=O)N[C@H]1C[C@@H](CN(CCc2ccc(F)cc2)C(=O)c2cn3cccnc3n2)N(C(=O)[C@@H](NC(=O)[C@H](C)N(C)C(=O)OC(C)(C)C)C(C)(C)C)C1. The van der Waals surface area contributed by atoms with Crippen molar-refractivity contribution in [3.8, 4) is 0 Å². The second-order valence-electron chi connectivity index (χ2n) is 15.4. The predicted molar refractivity (Wildman–Crippen MR) is 192 cm³/mol. The van der Waals surface area contributed by atoms with Crippen LogP contribution in [0.1, 0.15) is 77.9 Å². The lowest BCUT2D eigenvalue weighted by molar-refractivity contribution is -0.141. The smallest absolute Gasteiger partial charge is 0.410 e. The number of imidazole rings is 1. The lowest BCUT2D eigenvalue weighted by Gasteiger charge is -2.38. The van der Waals surface area contributed by atoms with E-state index in [1.54, 1.807) is 78.7 Å². The van der Waals surface area contributed by atoms with E-state index in [4.69, 9.17) is 4.74 Å². The van der Waals surface area contributed by atoms with E-state index in [2.05, 4.69) is 20.6 Å². The summed E-state index contributed by atoms with van der Waals surface area (Å²) in [6, 6.07) is 4.80. The van der Waals surface area contributed by atoms with Crippen LogP contribution in [0.2, 0.25) is 0 Å². The number of aromatic nitrogens is 3. The summed E-state index contributed by atoms with van der Waals surface area (Å²) in [6.07, 6.45) is 4.97. The van der Waals surface area contributed by atoms with Gasteiger partial charge in [-0.05, 0) is 69.7 Å². The predicted octanol–water partition coefficient (Wildman–Crippen LogP) is 3.45. The topological polar surface area (TPSA) is 159 Å². The van der Waals surface area contributed by atoms with E-state index in [0.717, 1.165) is 5.56 Å². The van der Waals surface area contributed by atoms with Crippen molar-refractivity contribution in [1.82, 2.24) is 39.7 Å². The molecule has 1 aromatic carbocycles.